The van der Waals surface area contributed by atoms with E-state index in [1.165, 1.54) is 28.0 Å². The van der Waals surface area contributed by atoms with E-state index in [1.807, 2.05) is 60.7 Å². The van der Waals surface area contributed by atoms with Crippen LogP contribution >= 0.6 is 23.1 Å². The Bertz CT molecular complexity index is 1910. The third kappa shape index (κ3) is 6.07. The third-order valence-electron chi connectivity index (χ3n) is 7.51. The highest BCUT2D eigenvalue weighted by atomic mass is 32.2. The highest BCUT2D eigenvalue weighted by Crippen LogP contribution is 2.45. The van der Waals surface area contributed by atoms with Crippen molar-refractivity contribution in [2.75, 3.05) is 18.1 Å². The number of hydrogen-bond acceptors (Lipinski definition) is 10. The fourth-order valence-electron chi connectivity index (χ4n) is 5.26. The van der Waals surface area contributed by atoms with Gasteiger partial charge in [0.05, 0.1) is 11.6 Å². The molecule has 0 spiro atoms. The molecule has 4 aromatic carbocycles. The quantitative estimate of drug-likeness (QED) is 0.0606. The number of anilines is 1. The van der Waals surface area contributed by atoms with Crippen molar-refractivity contribution in [2.45, 2.75) is 22.7 Å². The summed E-state index contributed by atoms with van der Waals surface area (Å²) in [6, 6.07) is 30.9. The zero-order chi connectivity index (χ0) is 31.5. The van der Waals surface area contributed by atoms with Crippen molar-refractivity contribution in [3.05, 3.63) is 131 Å². The Labute approximate surface area is 273 Å². The van der Waals surface area contributed by atoms with Gasteiger partial charge in [0.1, 0.15) is 31.3 Å². The molecule has 0 aliphatic carbocycles. The Morgan fingerprint density at radius 3 is 2.30 bits per heavy atom. The van der Waals surface area contributed by atoms with Crippen LogP contribution in [0, 0.1) is 0 Å². The van der Waals surface area contributed by atoms with Gasteiger partial charge in [-0.3, -0.25) is 14.5 Å². The number of rotatable bonds is 9. The molecule has 1 N–H and O–H groups in total. The first kappa shape index (κ1) is 29.6. The number of ether oxygens (including phenoxy) is 3. The maximum atomic E-state index is 13.7. The van der Waals surface area contributed by atoms with E-state index < -0.39 is 17.7 Å². The Morgan fingerprint density at radius 1 is 0.870 bits per heavy atom. The van der Waals surface area contributed by atoms with Gasteiger partial charge in [-0.1, -0.05) is 95.9 Å². The van der Waals surface area contributed by atoms with Gasteiger partial charge in [0.25, 0.3) is 5.78 Å². The summed E-state index contributed by atoms with van der Waals surface area (Å²) in [5.41, 5.74) is 3.01. The molecule has 3 heterocycles. The molecule has 7 rings (SSSR count). The van der Waals surface area contributed by atoms with Gasteiger partial charge in [-0.15, -0.1) is 10.2 Å². The molecule has 230 valence electrons. The zero-order valence-electron chi connectivity index (χ0n) is 24.4. The summed E-state index contributed by atoms with van der Waals surface area (Å²) < 4.78 is 17.9. The lowest BCUT2D eigenvalue weighted by Gasteiger charge is -2.23. The molecule has 9 nitrogen and oxygen atoms in total. The molecule has 0 radical (unpaired) electrons. The second-order valence-corrected chi connectivity index (χ2v) is 12.7. The summed E-state index contributed by atoms with van der Waals surface area (Å²) in [5.74, 6) is 0.333. The van der Waals surface area contributed by atoms with E-state index in [-0.39, 0.29) is 16.5 Å². The number of hydrogen-bond donors (Lipinski definition) is 1. The average Bonchev–Trinajstić information content (AvgIpc) is 3.68. The number of carbonyl (C=O) groups is 2. The Morgan fingerprint density at radius 2 is 1.57 bits per heavy atom. The average molecular weight is 650 g/mol. The molecule has 0 saturated carbocycles. The number of Topliss-reactive ketones (excluding diaryl/α,β-unsaturated/α-hetero) is 1. The lowest BCUT2D eigenvalue weighted by atomic mass is 9.95. The van der Waals surface area contributed by atoms with Gasteiger partial charge in [-0.05, 0) is 47.0 Å². The Kier molecular flexibility index (Phi) is 8.41. The van der Waals surface area contributed by atoms with Crippen LogP contribution in [0.2, 0.25) is 0 Å². The highest BCUT2D eigenvalue weighted by molar-refractivity contribution is 8.00. The van der Waals surface area contributed by atoms with Gasteiger partial charge in [0, 0.05) is 11.3 Å². The maximum absolute atomic E-state index is 13.7. The molecule has 46 heavy (non-hydrogen) atoms. The number of aliphatic hydroxyl groups excluding tert-OH is 1. The monoisotopic (exact) mass is 649 g/mol. The van der Waals surface area contributed by atoms with E-state index in [2.05, 4.69) is 10.2 Å². The predicted molar refractivity (Wildman–Crippen MR) is 175 cm³/mol. The van der Waals surface area contributed by atoms with Crippen LogP contribution in [0.1, 0.15) is 28.3 Å². The molecule has 1 unspecified atom stereocenters. The van der Waals surface area contributed by atoms with E-state index in [9.17, 15) is 14.7 Å². The number of thioether (sulfide) groups is 1. The molecule has 1 fully saturated rings. The Hall–Kier alpha value is -5.13. The summed E-state index contributed by atoms with van der Waals surface area (Å²) >= 11 is 2.71. The smallest absolute Gasteiger partial charge is 0.301 e. The second kappa shape index (κ2) is 13.1. The lowest BCUT2D eigenvalue weighted by Crippen LogP contribution is -2.29. The fraction of sp³-hybridized carbons (Fsp3) is 0.143. The van der Waals surface area contributed by atoms with Crippen LogP contribution < -0.4 is 19.1 Å². The predicted octanol–water partition coefficient (Wildman–Crippen LogP) is 6.81. The van der Waals surface area contributed by atoms with E-state index in [0.29, 0.717) is 58.3 Å². The number of nitrogens with zero attached hydrogens (tertiary/aromatic N) is 3. The van der Waals surface area contributed by atoms with Crippen molar-refractivity contribution in [1.82, 2.24) is 10.2 Å². The lowest BCUT2D eigenvalue weighted by molar-refractivity contribution is -0.132. The van der Waals surface area contributed by atoms with Gasteiger partial charge >= 0.3 is 5.91 Å². The largest absolute Gasteiger partial charge is 0.507 e. The first-order valence-corrected chi connectivity index (χ1v) is 16.3. The van der Waals surface area contributed by atoms with Crippen molar-refractivity contribution in [2.24, 2.45) is 0 Å². The van der Waals surface area contributed by atoms with Crippen LogP contribution in [0.5, 0.6) is 17.2 Å². The summed E-state index contributed by atoms with van der Waals surface area (Å²) in [5, 5.41) is 20.5. The topological polar surface area (TPSA) is 111 Å². The molecule has 2 aliphatic heterocycles. The molecule has 1 aromatic heterocycles. The minimum Gasteiger partial charge on any atom is -0.507 e. The van der Waals surface area contributed by atoms with E-state index >= 15 is 0 Å². The van der Waals surface area contributed by atoms with Crippen LogP contribution in [-0.4, -0.2) is 40.2 Å². The number of ketones is 1. The van der Waals surface area contributed by atoms with Crippen molar-refractivity contribution < 1.29 is 28.9 Å². The van der Waals surface area contributed by atoms with Crippen LogP contribution in [-0.2, 0) is 21.9 Å². The molecule has 2 aliphatic rings. The molecule has 1 amide bonds. The maximum Gasteiger partial charge on any atom is 0.301 e. The standard InChI is InChI=1S/C35H27N3O6S2/c39-31(25-13-16-27-28(19-25)43-18-17-42-27)29-30(24-11-14-26(15-12-24)44-20-22-7-3-1-4-8-22)38(33(41)32(29)40)34-36-37-35(46-34)45-21-23-9-5-2-6-10-23/h1-16,19,30,39H,17-18,20-21H2/b31-29+. The molecule has 1 atom stereocenters. The van der Waals surface area contributed by atoms with E-state index in [4.69, 9.17) is 14.2 Å². The SMILES string of the molecule is O=C1C(=O)N(c2nnc(SCc3ccccc3)s2)C(c2ccc(OCc3ccccc3)cc2)/C1=C(\O)c1ccc2c(c1)OCCO2. The number of aromatic nitrogens is 2. The Balaban J connectivity index is 1.23. The van der Waals surface area contributed by atoms with Crippen molar-refractivity contribution >= 4 is 45.7 Å². The molecular weight excluding hydrogens is 623 g/mol. The van der Waals surface area contributed by atoms with Gasteiger partial charge in [0.2, 0.25) is 5.13 Å². The minimum absolute atomic E-state index is 0.0617. The first-order chi connectivity index (χ1) is 22.5. The minimum atomic E-state index is -0.962. The summed E-state index contributed by atoms with van der Waals surface area (Å²) in [4.78, 5) is 28.7. The number of fused-ring (bicyclic) bond motifs is 1. The second-order valence-electron chi connectivity index (χ2n) is 10.5. The molecule has 5 aromatic rings. The highest BCUT2D eigenvalue weighted by Gasteiger charge is 2.48. The van der Waals surface area contributed by atoms with Crippen LogP contribution in [0.4, 0.5) is 5.13 Å². The number of carbonyl (C=O) groups excluding carboxylic acids is 2. The first-order valence-electron chi connectivity index (χ1n) is 14.5. The molecule has 1 saturated heterocycles. The van der Waals surface area contributed by atoms with E-state index in [1.54, 1.807) is 42.5 Å². The third-order valence-corrected chi connectivity index (χ3v) is 9.64. The van der Waals surface area contributed by atoms with Crippen LogP contribution in [0.15, 0.2) is 113 Å². The van der Waals surface area contributed by atoms with Crippen molar-refractivity contribution in [3.63, 3.8) is 0 Å². The number of benzene rings is 4. The zero-order valence-corrected chi connectivity index (χ0v) is 26.0. The normalized spacial score (nSPS) is 16.9. The van der Waals surface area contributed by atoms with Gasteiger partial charge < -0.3 is 19.3 Å². The van der Waals surface area contributed by atoms with Crippen molar-refractivity contribution in [1.29, 1.82) is 0 Å². The summed E-state index contributed by atoms with van der Waals surface area (Å²) in [7, 11) is 0. The molecule has 0 bridgehead atoms. The summed E-state index contributed by atoms with van der Waals surface area (Å²) in [6.45, 7) is 1.17. The molecule has 11 heteroatoms. The van der Waals surface area contributed by atoms with Crippen molar-refractivity contribution in [3.8, 4) is 17.2 Å². The van der Waals surface area contributed by atoms with Crippen LogP contribution in [0.25, 0.3) is 5.76 Å². The van der Waals surface area contributed by atoms with Crippen LogP contribution in [0.3, 0.4) is 0 Å². The number of aliphatic hydroxyl groups is 1. The van der Waals surface area contributed by atoms with Gasteiger partial charge in [0.15, 0.2) is 15.8 Å². The fourth-order valence-corrected chi connectivity index (χ4v) is 7.08. The van der Waals surface area contributed by atoms with Gasteiger partial charge in [-0.25, -0.2) is 0 Å². The summed E-state index contributed by atoms with van der Waals surface area (Å²) in [6.07, 6.45) is 0. The van der Waals surface area contributed by atoms with Gasteiger partial charge in [-0.2, -0.15) is 0 Å². The number of amides is 1. The molecular formula is C35H27N3O6S2. The van der Waals surface area contributed by atoms with E-state index in [0.717, 1.165) is 11.1 Å².